The quantitative estimate of drug-likeness (QED) is 0.295. The number of H-pyrrole nitrogens is 1. The van der Waals surface area contributed by atoms with Crippen LogP contribution in [0.15, 0.2) is 77.2 Å². The summed E-state index contributed by atoms with van der Waals surface area (Å²) in [5, 5.41) is 7.55. The Labute approximate surface area is 157 Å². The minimum absolute atomic E-state index is 0.940. The number of benzene rings is 4. The second kappa shape index (κ2) is 4.70. The predicted molar refractivity (Wildman–Crippen MR) is 116 cm³/mol. The molecule has 0 saturated heterocycles. The van der Waals surface area contributed by atoms with Gasteiger partial charge in [-0.3, -0.25) is 0 Å². The van der Waals surface area contributed by atoms with Crippen LogP contribution in [0.2, 0.25) is 0 Å². The summed E-state index contributed by atoms with van der Waals surface area (Å²) in [4.78, 5) is 3.63. The fourth-order valence-electron chi connectivity index (χ4n) is 4.49. The Kier molecular flexibility index (Phi) is 2.41. The van der Waals surface area contributed by atoms with Crippen molar-refractivity contribution in [3.05, 3.63) is 72.8 Å². The van der Waals surface area contributed by atoms with Gasteiger partial charge in [0.05, 0.1) is 5.52 Å². The highest BCUT2D eigenvalue weighted by Crippen LogP contribution is 2.48. The minimum atomic E-state index is 0.940. The molecule has 0 spiro atoms. The summed E-state index contributed by atoms with van der Waals surface area (Å²) in [6.45, 7) is 0. The smallest absolute Gasteiger partial charge is 0.160 e. The number of fused-ring (bicyclic) bond motifs is 12. The van der Waals surface area contributed by atoms with Crippen LogP contribution in [0.25, 0.3) is 63.9 Å². The van der Waals surface area contributed by atoms with E-state index in [1.165, 1.54) is 41.7 Å². The highest BCUT2D eigenvalue weighted by molar-refractivity contribution is 7.27. The van der Waals surface area contributed by atoms with Gasteiger partial charge in [0, 0.05) is 47.2 Å². The molecule has 3 aromatic heterocycles. The van der Waals surface area contributed by atoms with Crippen LogP contribution in [0.4, 0.5) is 0 Å². The Morgan fingerprint density at radius 1 is 0.667 bits per heavy atom. The van der Waals surface area contributed by atoms with Gasteiger partial charge < -0.3 is 9.40 Å². The van der Waals surface area contributed by atoms with E-state index in [2.05, 4.69) is 71.7 Å². The molecule has 1 N–H and O–H groups in total. The molecule has 0 amide bonds. The van der Waals surface area contributed by atoms with Crippen LogP contribution in [0.5, 0.6) is 0 Å². The highest BCUT2D eigenvalue weighted by atomic mass is 32.1. The number of furan rings is 1. The van der Waals surface area contributed by atoms with E-state index in [1.807, 2.05) is 17.4 Å². The number of para-hydroxylation sites is 2. The third-order valence-corrected chi connectivity index (χ3v) is 6.79. The third kappa shape index (κ3) is 1.61. The lowest BCUT2D eigenvalue weighted by Gasteiger charge is -1.99. The Balaban J connectivity index is 1.96. The van der Waals surface area contributed by atoms with Crippen molar-refractivity contribution >= 4 is 75.3 Å². The zero-order chi connectivity index (χ0) is 17.5. The number of rotatable bonds is 0. The second-order valence-corrected chi connectivity index (χ2v) is 8.08. The molecule has 7 rings (SSSR count). The third-order valence-electron chi connectivity index (χ3n) is 5.60. The predicted octanol–water partition coefficient (Wildman–Crippen LogP) is 7.59. The van der Waals surface area contributed by atoms with Gasteiger partial charge in [-0.2, -0.15) is 0 Å². The van der Waals surface area contributed by atoms with E-state index in [-0.39, 0.29) is 0 Å². The minimum Gasteiger partial charge on any atom is -0.454 e. The summed E-state index contributed by atoms with van der Waals surface area (Å²) < 4.78 is 9.05. The number of hydrogen-bond donors (Lipinski definition) is 1. The van der Waals surface area contributed by atoms with Gasteiger partial charge >= 0.3 is 0 Å². The van der Waals surface area contributed by atoms with Gasteiger partial charge in [-0.15, -0.1) is 11.3 Å². The van der Waals surface area contributed by atoms with Crippen molar-refractivity contribution in [3.8, 4) is 0 Å². The van der Waals surface area contributed by atoms with Gasteiger partial charge in [0.2, 0.25) is 0 Å². The lowest BCUT2D eigenvalue weighted by Crippen LogP contribution is -1.74. The van der Waals surface area contributed by atoms with Crippen LogP contribution in [0, 0.1) is 0 Å². The van der Waals surface area contributed by atoms with Crippen molar-refractivity contribution in [1.82, 2.24) is 4.98 Å². The molecular formula is C24H13NOS. The maximum Gasteiger partial charge on any atom is 0.160 e. The monoisotopic (exact) mass is 363 g/mol. The molecule has 2 nitrogen and oxygen atoms in total. The summed E-state index contributed by atoms with van der Waals surface area (Å²) in [5.74, 6) is 0. The Morgan fingerprint density at radius 2 is 1.41 bits per heavy atom. The fraction of sp³-hybridized carbons (Fsp3) is 0. The molecule has 0 aliphatic rings. The van der Waals surface area contributed by atoms with Gasteiger partial charge in [0.25, 0.3) is 0 Å². The summed E-state index contributed by atoms with van der Waals surface area (Å²) in [6, 6.07) is 25.6. The van der Waals surface area contributed by atoms with E-state index in [0.29, 0.717) is 0 Å². The largest absolute Gasteiger partial charge is 0.454 e. The van der Waals surface area contributed by atoms with Crippen LogP contribution < -0.4 is 0 Å². The van der Waals surface area contributed by atoms with Crippen LogP contribution in [0.1, 0.15) is 0 Å². The first-order valence-corrected chi connectivity index (χ1v) is 9.87. The van der Waals surface area contributed by atoms with Gasteiger partial charge in [0.15, 0.2) is 5.58 Å². The van der Waals surface area contributed by atoms with Crippen LogP contribution in [0.3, 0.4) is 0 Å². The van der Waals surface area contributed by atoms with Gasteiger partial charge in [-0.05, 0) is 18.2 Å². The SMILES string of the molecule is c1ccc2c(c1)[nH]c1c3oc4ccccc4c3c3c4ccccc4sc3c21. The maximum absolute atomic E-state index is 6.40. The zero-order valence-corrected chi connectivity index (χ0v) is 15.1. The van der Waals surface area contributed by atoms with Crippen molar-refractivity contribution in [2.75, 3.05) is 0 Å². The van der Waals surface area contributed by atoms with Crippen LogP contribution in [-0.4, -0.2) is 4.98 Å². The topological polar surface area (TPSA) is 28.9 Å². The molecule has 3 heterocycles. The molecule has 0 saturated carbocycles. The van der Waals surface area contributed by atoms with Gasteiger partial charge in [-0.1, -0.05) is 54.6 Å². The summed E-state index contributed by atoms with van der Waals surface area (Å²) >= 11 is 1.88. The van der Waals surface area contributed by atoms with Crippen molar-refractivity contribution in [1.29, 1.82) is 0 Å². The number of aromatic nitrogens is 1. The summed E-state index contributed by atoms with van der Waals surface area (Å²) in [6.07, 6.45) is 0. The molecule has 0 aliphatic carbocycles. The molecule has 0 radical (unpaired) electrons. The molecule has 0 unspecified atom stereocenters. The Morgan fingerprint density at radius 3 is 2.33 bits per heavy atom. The number of hydrogen-bond acceptors (Lipinski definition) is 2. The Hall–Kier alpha value is -3.30. The standard InChI is InChI=1S/C24H13NOS/c1-4-10-16-13(7-1)21-22(25-16)23-19(14-8-2-5-11-17(14)26-23)20-15-9-3-6-12-18(15)27-24(20)21/h1-12,25H. The highest BCUT2D eigenvalue weighted by Gasteiger charge is 2.21. The molecule has 27 heavy (non-hydrogen) atoms. The van der Waals surface area contributed by atoms with E-state index in [4.69, 9.17) is 4.42 Å². The average molecular weight is 363 g/mol. The molecule has 0 fully saturated rings. The first-order chi connectivity index (χ1) is 13.4. The summed E-state index contributed by atoms with van der Waals surface area (Å²) in [5.41, 5.74) is 4.15. The van der Waals surface area contributed by atoms with E-state index in [9.17, 15) is 0 Å². The Bertz CT molecular complexity index is 1680. The van der Waals surface area contributed by atoms with Crippen molar-refractivity contribution in [2.45, 2.75) is 0 Å². The molecule has 4 aromatic carbocycles. The van der Waals surface area contributed by atoms with Gasteiger partial charge in [-0.25, -0.2) is 0 Å². The first-order valence-electron chi connectivity index (χ1n) is 9.05. The van der Waals surface area contributed by atoms with E-state index >= 15 is 0 Å². The summed E-state index contributed by atoms with van der Waals surface area (Å²) in [7, 11) is 0. The lowest BCUT2D eigenvalue weighted by molar-refractivity contribution is 0.672. The first kappa shape index (κ1) is 13.8. The van der Waals surface area contributed by atoms with Crippen LogP contribution in [-0.2, 0) is 0 Å². The maximum atomic E-state index is 6.40. The zero-order valence-electron chi connectivity index (χ0n) is 14.2. The molecule has 0 atom stereocenters. The number of aromatic amines is 1. The fourth-order valence-corrected chi connectivity index (χ4v) is 5.76. The molecular weight excluding hydrogens is 350 g/mol. The van der Waals surface area contributed by atoms with E-state index in [0.717, 1.165) is 22.2 Å². The molecule has 0 bridgehead atoms. The average Bonchev–Trinajstić information content (AvgIpc) is 3.38. The molecule has 0 aliphatic heterocycles. The van der Waals surface area contributed by atoms with E-state index < -0.39 is 0 Å². The molecule has 126 valence electrons. The van der Waals surface area contributed by atoms with Crippen molar-refractivity contribution in [3.63, 3.8) is 0 Å². The second-order valence-electron chi connectivity index (χ2n) is 7.03. The lowest BCUT2D eigenvalue weighted by atomic mass is 10.0. The van der Waals surface area contributed by atoms with Crippen molar-refractivity contribution in [2.24, 2.45) is 0 Å². The van der Waals surface area contributed by atoms with Crippen LogP contribution >= 0.6 is 11.3 Å². The molecule has 7 aromatic rings. The molecule has 3 heteroatoms. The number of thiophene rings is 1. The van der Waals surface area contributed by atoms with Gasteiger partial charge in [0.1, 0.15) is 5.58 Å². The van der Waals surface area contributed by atoms with Crippen molar-refractivity contribution < 1.29 is 4.42 Å². The normalized spacial score (nSPS) is 12.4. The number of nitrogens with one attached hydrogen (secondary N) is 1. The van der Waals surface area contributed by atoms with E-state index in [1.54, 1.807) is 0 Å².